The number of hydrogen-bond acceptors (Lipinski definition) is 2. The quantitative estimate of drug-likeness (QED) is 0.489. The van der Waals surface area contributed by atoms with Crippen molar-refractivity contribution in [1.82, 2.24) is 0 Å². The Morgan fingerprint density at radius 2 is 1.61 bits per heavy atom. The van der Waals surface area contributed by atoms with E-state index in [1.165, 1.54) is 0 Å². The molecule has 0 radical (unpaired) electrons. The molecule has 1 atom stereocenters. The Bertz CT molecular complexity index is 318. The van der Waals surface area contributed by atoms with E-state index in [1.54, 1.807) is 6.92 Å². The van der Waals surface area contributed by atoms with Gasteiger partial charge in [-0.2, -0.15) is 0 Å². The van der Waals surface area contributed by atoms with Gasteiger partial charge in [-0.1, -0.05) is 40.0 Å². The minimum absolute atomic E-state index is 0.0471. The minimum Gasteiger partial charge on any atom is -0.478 e. The number of carbonyl (C=O) groups is 2. The third-order valence-electron chi connectivity index (χ3n) is 3.22. The molecule has 18 heavy (non-hydrogen) atoms. The van der Waals surface area contributed by atoms with Crippen LogP contribution in [-0.2, 0) is 9.59 Å². The van der Waals surface area contributed by atoms with E-state index in [1.807, 2.05) is 6.92 Å². The molecule has 0 amide bonds. The molecule has 0 aliphatic heterocycles. The molecule has 0 heterocycles. The highest BCUT2D eigenvalue weighted by molar-refractivity contribution is 5.99. The van der Waals surface area contributed by atoms with Crippen LogP contribution in [0.5, 0.6) is 0 Å². The summed E-state index contributed by atoms with van der Waals surface area (Å²) in [5, 5.41) is 18.3. The number of rotatable bonds is 9. The predicted octanol–water partition coefficient (Wildman–Crippen LogP) is 3.47. The van der Waals surface area contributed by atoms with Crippen LogP contribution in [0.2, 0.25) is 0 Å². The van der Waals surface area contributed by atoms with Crippen molar-refractivity contribution in [3.05, 3.63) is 11.1 Å². The second kappa shape index (κ2) is 8.72. The van der Waals surface area contributed by atoms with Crippen molar-refractivity contribution in [2.75, 3.05) is 0 Å². The van der Waals surface area contributed by atoms with Crippen molar-refractivity contribution in [3.8, 4) is 0 Å². The lowest BCUT2D eigenvalue weighted by molar-refractivity contribution is -0.136. The average molecular weight is 256 g/mol. The summed E-state index contributed by atoms with van der Waals surface area (Å²) in [7, 11) is 0. The van der Waals surface area contributed by atoms with Gasteiger partial charge in [0, 0.05) is 5.57 Å². The third kappa shape index (κ3) is 4.90. The van der Waals surface area contributed by atoms with E-state index in [0.717, 1.165) is 25.7 Å². The molecule has 4 heteroatoms. The molecule has 0 saturated carbocycles. The van der Waals surface area contributed by atoms with Crippen LogP contribution >= 0.6 is 0 Å². The Kier molecular flexibility index (Phi) is 8.08. The number of unbranched alkanes of at least 4 members (excludes halogenated alkanes) is 2. The molecule has 1 unspecified atom stereocenters. The van der Waals surface area contributed by atoms with E-state index >= 15 is 0 Å². The Balaban J connectivity index is 5.16. The zero-order chi connectivity index (χ0) is 14.1. The Morgan fingerprint density at radius 3 is 1.94 bits per heavy atom. The van der Waals surface area contributed by atoms with Gasteiger partial charge in [-0.05, 0) is 25.2 Å². The largest absolute Gasteiger partial charge is 0.478 e. The second-order valence-corrected chi connectivity index (χ2v) is 4.46. The molecular formula is C14H24O4. The normalized spacial score (nSPS) is 13.9. The standard InChI is InChI=1S/C14H24O4/c1-4-7-8-9-10(5-2)12(14(17)18)11(6-3)13(15)16/h10H,4-9H2,1-3H3,(H,15,16)(H,17,18)/b12-11-. The van der Waals surface area contributed by atoms with Gasteiger partial charge in [0.2, 0.25) is 0 Å². The van der Waals surface area contributed by atoms with E-state index < -0.39 is 11.9 Å². The molecule has 0 saturated heterocycles. The van der Waals surface area contributed by atoms with Crippen molar-refractivity contribution in [3.63, 3.8) is 0 Å². The fourth-order valence-electron chi connectivity index (χ4n) is 2.20. The summed E-state index contributed by atoms with van der Waals surface area (Å²) >= 11 is 0. The minimum atomic E-state index is -1.11. The summed E-state index contributed by atoms with van der Waals surface area (Å²) in [6, 6.07) is 0. The highest BCUT2D eigenvalue weighted by Crippen LogP contribution is 2.26. The van der Waals surface area contributed by atoms with Crippen molar-refractivity contribution in [1.29, 1.82) is 0 Å². The number of aliphatic carboxylic acids is 2. The summed E-state index contributed by atoms with van der Waals surface area (Å²) < 4.78 is 0. The van der Waals surface area contributed by atoms with Gasteiger partial charge < -0.3 is 10.2 Å². The van der Waals surface area contributed by atoms with Gasteiger partial charge in [-0.25, -0.2) is 9.59 Å². The first-order chi connectivity index (χ1) is 8.49. The molecule has 0 aliphatic rings. The van der Waals surface area contributed by atoms with E-state index in [4.69, 9.17) is 5.11 Å². The molecule has 0 spiro atoms. The lowest BCUT2D eigenvalue weighted by Gasteiger charge is -2.18. The number of carboxylic acid groups (broad SMARTS) is 2. The maximum atomic E-state index is 11.3. The van der Waals surface area contributed by atoms with Gasteiger partial charge in [0.25, 0.3) is 0 Å². The molecule has 0 aromatic carbocycles. The molecule has 0 rings (SSSR count). The molecule has 0 bridgehead atoms. The van der Waals surface area contributed by atoms with Crippen LogP contribution < -0.4 is 0 Å². The van der Waals surface area contributed by atoms with Crippen LogP contribution in [-0.4, -0.2) is 22.2 Å². The molecule has 0 aromatic heterocycles. The number of carboxylic acids is 2. The SMILES string of the molecule is CCCCCC(CC)/C(C(=O)O)=C(\CC)C(=O)O. The first-order valence-corrected chi connectivity index (χ1v) is 6.69. The zero-order valence-electron chi connectivity index (χ0n) is 11.5. The molecule has 4 nitrogen and oxygen atoms in total. The zero-order valence-corrected chi connectivity index (χ0v) is 11.5. The Hall–Kier alpha value is -1.32. The predicted molar refractivity (Wildman–Crippen MR) is 70.5 cm³/mol. The third-order valence-corrected chi connectivity index (χ3v) is 3.22. The maximum absolute atomic E-state index is 11.3. The van der Waals surface area contributed by atoms with Crippen LogP contribution in [0.3, 0.4) is 0 Å². The van der Waals surface area contributed by atoms with E-state index in [9.17, 15) is 14.7 Å². The highest BCUT2D eigenvalue weighted by Gasteiger charge is 2.25. The van der Waals surface area contributed by atoms with Crippen LogP contribution in [0.25, 0.3) is 0 Å². The fourth-order valence-corrected chi connectivity index (χ4v) is 2.20. The summed E-state index contributed by atoms with van der Waals surface area (Å²) in [5.41, 5.74) is 0.148. The lowest BCUT2D eigenvalue weighted by atomic mass is 9.86. The van der Waals surface area contributed by atoms with Gasteiger partial charge in [-0.15, -0.1) is 0 Å². The summed E-state index contributed by atoms with van der Waals surface area (Å²) in [6.45, 7) is 5.68. The summed E-state index contributed by atoms with van der Waals surface area (Å²) in [5.74, 6) is -2.35. The highest BCUT2D eigenvalue weighted by atomic mass is 16.4. The van der Waals surface area contributed by atoms with Gasteiger partial charge in [0.05, 0.1) is 5.57 Å². The van der Waals surface area contributed by atoms with E-state index in [0.29, 0.717) is 6.42 Å². The Labute approximate surface area is 109 Å². The van der Waals surface area contributed by atoms with Crippen molar-refractivity contribution in [2.45, 2.75) is 59.3 Å². The smallest absolute Gasteiger partial charge is 0.332 e. The molecule has 0 aromatic rings. The van der Waals surface area contributed by atoms with Crippen molar-refractivity contribution < 1.29 is 19.8 Å². The summed E-state index contributed by atoms with van der Waals surface area (Å²) in [6.07, 6.45) is 4.74. The molecular weight excluding hydrogens is 232 g/mol. The number of hydrogen-bond donors (Lipinski definition) is 2. The second-order valence-electron chi connectivity index (χ2n) is 4.46. The lowest BCUT2D eigenvalue weighted by Crippen LogP contribution is -2.18. The molecule has 0 fully saturated rings. The maximum Gasteiger partial charge on any atom is 0.332 e. The topological polar surface area (TPSA) is 74.6 Å². The molecule has 104 valence electrons. The first-order valence-electron chi connectivity index (χ1n) is 6.69. The summed E-state index contributed by atoms with van der Waals surface area (Å²) in [4.78, 5) is 22.4. The first kappa shape index (κ1) is 16.7. The van der Waals surface area contributed by atoms with Crippen molar-refractivity contribution in [2.24, 2.45) is 5.92 Å². The van der Waals surface area contributed by atoms with Crippen LogP contribution in [0.15, 0.2) is 11.1 Å². The van der Waals surface area contributed by atoms with Crippen LogP contribution in [0.1, 0.15) is 59.3 Å². The molecule has 0 aliphatic carbocycles. The van der Waals surface area contributed by atoms with Gasteiger partial charge >= 0.3 is 11.9 Å². The van der Waals surface area contributed by atoms with Crippen LogP contribution in [0, 0.1) is 5.92 Å². The van der Waals surface area contributed by atoms with Crippen LogP contribution in [0.4, 0.5) is 0 Å². The van der Waals surface area contributed by atoms with E-state index in [-0.39, 0.29) is 23.5 Å². The monoisotopic (exact) mass is 256 g/mol. The van der Waals surface area contributed by atoms with E-state index in [2.05, 4.69) is 6.92 Å². The fraction of sp³-hybridized carbons (Fsp3) is 0.714. The van der Waals surface area contributed by atoms with Gasteiger partial charge in [-0.3, -0.25) is 0 Å². The molecule has 2 N–H and O–H groups in total. The van der Waals surface area contributed by atoms with Gasteiger partial charge in [0.1, 0.15) is 0 Å². The van der Waals surface area contributed by atoms with Crippen molar-refractivity contribution >= 4 is 11.9 Å². The Morgan fingerprint density at radius 1 is 1.00 bits per heavy atom. The van der Waals surface area contributed by atoms with Gasteiger partial charge in [0.15, 0.2) is 0 Å². The average Bonchev–Trinajstić information content (AvgIpc) is 2.31.